The summed E-state index contributed by atoms with van der Waals surface area (Å²) in [6, 6.07) is 10.4. The Hall–Kier alpha value is -4.15. The number of hydrogen-bond donors (Lipinski definition) is 6. The zero-order valence-corrected chi connectivity index (χ0v) is 19.1. The average Bonchev–Trinajstić information content (AvgIpc) is 2.80. The quantitative estimate of drug-likeness (QED) is 0.207. The number of nitrogens with one attached hydrogen (secondary N) is 5. The van der Waals surface area contributed by atoms with Crippen molar-refractivity contribution < 1.29 is 24.0 Å². The Kier molecular flexibility index (Phi) is 9.81. The van der Waals surface area contributed by atoms with Gasteiger partial charge in [-0.1, -0.05) is 50.2 Å². The van der Waals surface area contributed by atoms with Crippen LogP contribution >= 0.6 is 0 Å². The molecule has 7 N–H and O–H groups in total. The van der Waals surface area contributed by atoms with Crippen LogP contribution in [0, 0.1) is 5.92 Å². The molecular weight excluding hydrogens is 440 g/mol. The monoisotopic (exact) mass is 470 g/mol. The zero-order chi connectivity index (χ0) is 25.1. The first-order valence-corrected chi connectivity index (χ1v) is 10.8. The molecule has 0 saturated carbocycles. The molecule has 182 valence electrons. The van der Waals surface area contributed by atoms with Crippen LogP contribution < -0.4 is 32.5 Å². The van der Waals surface area contributed by atoms with Gasteiger partial charge >= 0.3 is 6.03 Å². The van der Waals surface area contributed by atoms with Crippen LogP contribution in [0.1, 0.15) is 26.7 Å². The van der Waals surface area contributed by atoms with E-state index in [1.54, 1.807) is 0 Å². The molecule has 0 fully saturated rings. The standard InChI is InChI=1S/C23H30N6O5/c1-14(2)10-19(22(33)26-16(13-30)11-20(31)28-29-23(24)34)27-21(32)12-25-18-9-5-7-15-6-3-4-8-17(15)18/h3-9,13-14,16,19,25H,10-12H2,1-2H3,(H,26,33)(H,27,32)(H,28,31)(H3,24,29,34)/t16-,19-/m0/s1. The first kappa shape index (κ1) is 26.1. The Morgan fingerprint density at radius 1 is 0.941 bits per heavy atom. The number of hydrogen-bond acceptors (Lipinski definition) is 6. The van der Waals surface area contributed by atoms with Gasteiger partial charge in [0.15, 0.2) is 0 Å². The number of aldehydes is 1. The lowest BCUT2D eigenvalue weighted by molar-refractivity contribution is -0.131. The van der Waals surface area contributed by atoms with Gasteiger partial charge in [-0.05, 0) is 23.8 Å². The molecule has 0 unspecified atom stereocenters. The van der Waals surface area contributed by atoms with Crippen LogP contribution in [0.5, 0.6) is 0 Å². The highest BCUT2D eigenvalue weighted by atomic mass is 16.2. The molecule has 11 heteroatoms. The van der Waals surface area contributed by atoms with Gasteiger partial charge in [-0.2, -0.15) is 0 Å². The first-order chi connectivity index (χ1) is 16.2. The Morgan fingerprint density at radius 2 is 1.65 bits per heavy atom. The summed E-state index contributed by atoms with van der Waals surface area (Å²) in [6.07, 6.45) is 0.311. The van der Waals surface area contributed by atoms with E-state index in [1.165, 1.54) is 0 Å². The Bertz CT molecular complexity index is 1040. The van der Waals surface area contributed by atoms with Crippen molar-refractivity contribution in [1.82, 2.24) is 21.5 Å². The molecule has 0 bridgehead atoms. The summed E-state index contributed by atoms with van der Waals surface area (Å²) in [6.45, 7) is 3.72. The Morgan fingerprint density at radius 3 is 2.32 bits per heavy atom. The summed E-state index contributed by atoms with van der Waals surface area (Å²) >= 11 is 0. The van der Waals surface area contributed by atoms with Crippen molar-refractivity contribution in [2.75, 3.05) is 11.9 Å². The van der Waals surface area contributed by atoms with E-state index in [9.17, 15) is 24.0 Å². The molecule has 11 nitrogen and oxygen atoms in total. The summed E-state index contributed by atoms with van der Waals surface area (Å²) in [5.41, 5.74) is 9.54. The minimum Gasteiger partial charge on any atom is -0.376 e. The minimum atomic E-state index is -1.15. The fourth-order valence-electron chi connectivity index (χ4n) is 3.30. The van der Waals surface area contributed by atoms with Gasteiger partial charge in [0, 0.05) is 11.1 Å². The topological polar surface area (TPSA) is 172 Å². The largest absolute Gasteiger partial charge is 0.376 e. The van der Waals surface area contributed by atoms with Gasteiger partial charge in [0.25, 0.3) is 0 Å². The van der Waals surface area contributed by atoms with Gasteiger partial charge in [-0.3, -0.25) is 19.8 Å². The van der Waals surface area contributed by atoms with Crippen molar-refractivity contribution in [3.8, 4) is 0 Å². The molecule has 5 amide bonds. The number of urea groups is 1. The van der Waals surface area contributed by atoms with Gasteiger partial charge in [0.1, 0.15) is 12.3 Å². The SMILES string of the molecule is CC(C)C[C@H](NC(=O)CNc1cccc2ccccc12)C(=O)N[C@H](C=O)CC(=O)NNC(N)=O. The van der Waals surface area contributed by atoms with Crippen LogP contribution in [0.2, 0.25) is 0 Å². The maximum Gasteiger partial charge on any atom is 0.330 e. The van der Waals surface area contributed by atoms with Crippen LogP contribution in [-0.2, 0) is 19.2 Å². The molecule has 0 radical (unpaired) electrons. The van der Waals surface area contributed by atoms with E-state index < -0.39 is 42.3 Å². The maximum atomic E-state index is 12.8. The van der Waals surface area contributed by atoms with E-state index >= 15 is 0 Å². The molecule has 0 spiro atoms. The number of fused-ring (bicyclic) bond motifs is 1. The fourth-order valence-corrected chi connectivity index (χ4v) is 3.30. The van der Waals surface area contributed by atoms with E-state index in [0.29, 0.717) is 12.7 Å². The van der Waals surface area contributed by atoms with Crippen LogP contribution in [0.25, 0.3) is 10.8 Å². The average molecular weight is 471 g/mol. The maximum absolute atomic E-state index is 12.8. The number of anilines is 1. The van der Waals surface area contributed by atoms with E-state index in [2.05, 4.69) is 16.0 Å². The minimum absolute atomic E-state index is 0.0613. The Balaban J connectivity index is 1.97. The molecule has 2 atom stereocenters. The predicted octanol–water partition coefficient (Wildman–Crippen LogP) is 0.556. The van der Waals surface area contributed by atoms with Gasteiger partial charge in [0.05, 0.1) is 19.0 Å². The molecule has 2 aromatic carbocycles. The summed E-state index contributed by atoms with van der Waals surface area (Å²) in [5.74, 6) is -1.65. The summed E-state index contributed by atoms with van der Waals surface area (Å²) < 4.78 is 0. The number of primary amides is 1. The molecule has 0 aromatic heterocycles. The van der Waals surface area contributed by atoms with Crippen molar-refractivity contribution in [2.24, 2.45) is 11.7 Å². The van der Waals surface area contributed by atoms with Crippen LogP contribution in [0.3, 0.4) is 0 Å². The van der Waals surface area contributed by atoms with Crippen molar-refractivity contribution >= 4 is 46.5 Å². The molecule has 34 heavy (non-hydrogen) atoms. The second kappa shape index (κ2) is 12.8. The van der Waals surface area contributed by atoms with Gasteiger partial charge in [-0.15, -0.1) is 0 Å². The Labute approximate surface area is 197 Å². The number of hydrazine groups is 1. The number of rotatable bonds is 11. The highest BCUT2D eigenvalue weighted by Crippen LogP contribution is 2.22. The van der Waals surface area contributed by atoms with E-state index in [4.69, 9.17) is 5.73 Å². The highest BCUT2D eigenvalue weighted by Gasteiger charge is 2.25. The smallest absolute Gasteiger partial charge is 0.330 e. The summed E-state index contributed by atoms with van der Waals surface area (Å²) in [7, 11) is 0. The van der Waals surface area contributed by atoms with Crippen molar-refractivity contribution in [3.63, 3.8) is 0 Å². The van der Waals surface area contributed by atoms with Crippen LogP contribution in [0.15, 0.2) is 42.5 Å². The third-order valence-electron chi connectivity index (χ3n) is 4.81. The highest BCUT2D eigenvalue weighted by molar-refractivity contribution is 5.96. The predicted molar refractivity (Wildman–Crippen MR) is 127 cm³/mol. The lowest BCUT2D eigenvalue weighted by atomic mass is 10.0. The number of amides is 5. The fraction of sp³-hybridized carbons (Fsp3) is 0.348. The number of nitrogens with two attached hydrogens (primary N) is 1. The van der Waals surface area contributed by atoms with Gasteiger partial charge in [-0.25, -0.2) is 10.2 Å². The summed E-state index contributed by atoms with van der Waals surface area (Å²) in [4.78, 5) is 59.1. The molecule has 0 aliphatic heterocycles. The normalized spacial score (nSPS) is 12.3. The van der Waals surface area contributed by atoms with Crippen LogP contribution in [0.4, 0.5) is 10.5 Å². The third kappa shape index (κ3) is 8.41. The number of carbonyl (C=O) groups is 5. The first-order valence-electron chi connectivity index (χ1n) is 10.8. The van der Waals surface area contributed by atoms with Gasteiger partial charge in [0.2, 0.25) is 17.7 Å². The molecule has 0 aliphatic carbocycles. The lowest BCUT2D eigenvalue weighted by Crippen LogP contribution is -2.53. The van der Waals surface area contributed by atoms with Crippen molar-refractivity contribution in [2.45, 2.75) is 38.8 Å². The molecule has 0 aliphatic rings. The number of benzene rings is 2. The molecule has 2 aromatic rings. The van der Waals surface area contributed by atoms with Crippen molar-refractivity contribution in [3.05, 3.63) is 42.5 Å². The van der Waals surface area contributed by atoms with E-state index in [-0.39, 0.29) is 12.5 Å². The molecule has 2 rings (SSSR count). The van der Waals surface area contributed by atoms with E-state index in [1.807, 2.05) is 67.2 Å². The summed E-state index contributed by atoms with van der Waals surface area (Å²) in [5, 5.41) is 10.2. The third-order valence-corrected chi connectivity index (χ3v) is 4.81. The second-order valence-corrected chi connectivity index (χ2v) is 8.12. The molecule has 0 saturated heterocycles. The van der Waals surface area contributed by atoms with Crippen LogP contribution in [-0.4, -0.2) is 48.7 Å². The lowest BCUT2D eigenvalue weighted by Gasteiger charge is -2.22. The van der Waals surface area contributed by atoms with Crippen molar-refractivity contribution in [1.29, 1.82) is 0 Å². The molecular formula is C23H30N6O5. The zero-order valence-electron chi connectivity index (χ0n) is 19.1. The van der Waals surface area contributed by atoms with Gasteiger partial charge < -0.3 is 26.5 Å². The molecule has 0 heterocycles. The van der Waals surface area contributed by atoms with E-state index in [0.717, 1.165) is 16.5 Å². The number of carbonyl (C=O) groups excluding carboxylic acids is 5. The second-order valence-electron chi connectivity index (χ2n) is 8.12.